The molecule has 0 aromatic rings. The van der Waals surface area contributed by atoms with Gasteiger partial charge in [-0.05, 0) is 12.8 Å². The zero-order valence-electron chi connectivity index (χ0n) is 9.60. The molecule has 0 heterocycles. The lowest BCUT2D eigenvalue weighted by Crippen LogP contribution is -2.21. The van der Waals surface area contributed by atoms with E-state index in [9.17, 15) is 4.79 Å². The zero-order chi connectivity index (χ0) is 12.2. The molecule has 0 saturated heterocycles. The van der Waals surface area contributed by atoms with Crippen LogP contribution >= 0.6 is 0 Å². The standard InChI is InChI=1S/C11H22O5/c12-7-5-3-1-2-4-6-11(15)16-9-10(14)8-13/h10,12-14H,1-9H2. The first-order valence-corrected chi connectivity index (χ1v) is 5.76. The Labute approximate surface area is 96.0 Å². The molecule has 0 aromatic carbocycles. The minimum atomic E-state index is -0.978. The molecule has 5 nitrogen and oxygen atoms in total. The van der Waals surface area contributed by atoms with Crippen molar-refractivity contribution in [3.8, 4) is 0 Å². The van der Waals surface area contributed by atoms with E-state index in [2.05, 4.69) is 0 Å². The first-order valence-electron chi connectivity index (χ1n) is 5.76. The van der Waals surface area contributed by atoms with Crippen molar-refractivity contribution in [2.45, 2.75) is 44.6 Å². The van der Waals surface area contributed by atoms with Crippen molar-refractivity contribution in [3.05, 3.63) is 0 Å². The smallest absolute Gasteiger partial charge is 0.305 e. The van der Waals surface area contributed by atoms with E-state index in [1.807, 2.05) is 0 Å². The van der Waals surface area contributed by atoms with Crippen molar-refractivity contribution in [3.63, 3.8) is 0 Å². The van der Waals surface area contributed by atoms with E-state index >= 15 is 0 Å². The number of esters is 1. The first kappa shape index (κ1) is 15.3. The summed E-state index contributed by atoms with van der Waals surface area (Å²) in [6.07, 6.45) is 3.87. The van der Waals surface area contributed by atoms with E-state index in [-0.39, 0.29) is 19.2 Å². The molecule has 5 heteroatoms. The van der Waals surface area contributed by atoms with Crippen LogP contribution in [0.4, 0.5) is 0 Å². The highest BCUT2D eigenvalue weighted by Crippen LogP contribution is 2.05. The van der Waals surface area contributed by atoms with E-state index in [1.54, 1.807) is 0 Å². The number of aliphatic hydroxyl groups is 3. The van der Waals surface area contributed by atoms with E-state index in [0.29, 0.717) is 6.42 Å². The molecule has 96 valence electrons. The number of carbonyl (C=O) groups is 1. The summed E-state index contributed by atoms with van der Waals surface area (Å²) in [6.45, 7) is -0.310. The molecule has 0 rings (SSSR count). The maximum atomic E-state index is 11.1. The third-order valence-electron chi connectivity index (χ3n) is 2.19. The Kier molecular flexibility index (Phi) is 10.4. The summed E-state index contributed by atoms with van der Waals surface area (Å²) >= 11 is 0. The SMILES string of the molecule is O=C(CCCCCCCO)OCC(O)CO. The molecule has 3 N–H and O–H groups in total. The van der Waals surface area contributed by atoms with Crippen LogP contribution in [0.1, 0.15) is 38.5 Å². The van der Waals surface area contributed by atoms with Crippen molar-refractivity contribution >= 4 is 5.97 Å². The summed E-state index contributed by atoms with van der Waals surface area (Å²) in [4.78, 5) is 11.1. The molecular formula is C11H22O5. The van der Waals surface area contributed by atoms with E-state index in [1.165, 1.54) is 0 Å². The molecule has 0 spiro atoms. The van der Waals surface area contributed by atoms with Crippen LogP contribution in [0.15, 0.2) is 0 Å². The molecule has 0 radical (unpaired) electrons. The Hall–Kier alpha value is -0.650. The van der Waals surface area contributed by atoms with Crippen molar-refractivity contribution in [1.29, 1.82) is 0 Å². The van der Waals surface area contributed by atoms with Crippen LogP contribution in [0.2, 0.25) is 0 Å². The van der Waals surface area contributed by atoms with Gasteiger partial charge in [-0.1, -0.05) is 19.3 Å². The topological polar surface area (TPSA) is 87.0 Å². The van der Waals surface area contributed by atoms with Gasteiger partial charge in [0.1, 0.15) is 12.7 Å². The number of carbonyl (C=O) groups excluding carboxylic acids is 1. The molecule has 0 aliphatic heterocycles. The third-order valence-corrected chi connectivity index (χ3v) is 2.19. The van der Waals surface area contributed by atoms with Crippen LogP contribution in [0.5, 0.6) is 0 Å². The summed E-state index contributed by atoms with van der Waals surface area (Å²) in [5.41, 5.74) is 0. The fraction of sp³-hybridized carbons (Fsp3) is 0.909. The predicted octanol–water partition coefficient (Wildman–Crippen LogP) is 0.216. The second-order valence-electron chi connectivity index (χ2n) is 3.76. The lowest BCUT2D eigenvalue weighted by Gasteiger charge is -2.08. The van der Waals surface area contributed by atoms with Gasteiger partial charge < -0.3 is 20.1 Å². The summed E-state index contributed by atoms with van der Waals surface area (Å²) in [5, 5.41) is 25.9. The Bertz CT molecular complexity index is 172. The summed E-state index contributed by atoms with van der Waals surface area (Å²) in [5.74, 6) is -0.338. The average molecular weight is 234 g/mol. The molecule has 0 amide bonds. The molecule has 0 aliphatic rings. The van der Waals surface area contributed by atoms with Crippen molar-refractivity contribution in [2.24, 2.45) is 0 Å². The maximum Gasteiger partial charge on any atom is 0.305 e. The highest BCUT2D eigenvalue weighted by atomic mass is 16.5. The fourth-order valence-electron chi connectivity index (χ4n) is 1.23. The van der Waals surface area contributed by atoms with E-state index < -0.39 is 12.7 Å². The van der Waals surface area contributed by atoms with Gasteiger partial charge in [0.05, 0.1) is 6.61 Å². The van der Waals surface area contributed by atoms with Crippen LogP contribution in [0.3, 0.4) is 0 Å². The van der Waals surface area contributed by atoms with Gasteiger partial charge in [-0.15, -0.1) is 0 Å². The normalized spacial score (nSPS) is 12.4. The molecule has 16 heavy (non-hydrogen) atoms. The van der Waals surface area contributed by atoms with Crippen LogP contribution < -0.4 is 0 Å². The lowest BCUT2D eigenvalue weighted by atomic mass is 10.1. The highest BCUT2D eigenvalue weighted by molar-refractivity contribution is 5.69. The molecule has 0 saturated carbocycles. The number of aliphatic hydroxyl groups excluding tert-OH is 3. The van der Waals surface area contributed by atoms with Gasteiger partial charge in [0.15, 0.2) is 0 Å². The van der Waals surface area contributed by atoms with Crippen molar-refractivity contribution < 1.29 is 24.9 Å². The second kappa shape index (κ2) is 10.9. The Morgan fingerprint density at radius 2 is 1.69 bits per heavy atom. The van der Waals surface area contributed by atoms with Gasteiger partial charge in [-0.25, -0.2) is 0 Å². The number of ether oxygens (including phenoxy) is 1. The number of unbranched alkanes of at least 4 members (excludes halogenated alkanes) is 4. The predicted molar refractivity (Wildman–Crippen MR) is 58.8 cm³/mol. The van der Waals surface area contributed by atoms with Gasteiger partial charge in [0.2, 0.25) is 0 Å². The van der Waals surface area contributed by atoms with Gasteiger partial charge in [0.25, 0.3) is 0 Å². The molecule has 1 atom stereocenters. The van der Waals surface area contributed by atoms with Crippen LogP contribution in [0, 0.1) is 0 Å². The van der Waals surface area contributed by atoms with E-state index in [0.717, 1.165) is 32.1 Å². The monoisotopic (exact) mass is 234 g/mol. The Balaban J connectivity index is 3.24. The lowest BCUT2D eigenvalue weighted by molar-refractivity contribution is -0.147. The molecular weight excluding hydrogens is 212 g/mol. The van der Waals surface area contributed by atoms with Gasteiger partial charge >= 0.3 is 5.97 Å². The molecule has 0 aromatic heterocycles. The number of hydrogen-bond donors (Lipinski definition) is 3. The van der Waals surface area contributed by atoms with Crippen LogP contribution in [-0.4, -0.2) is 47.2 Å². The van der Waals surface area contributed by atoms with E-state index in [4.69, 9.17) is 20.1 Å². The Morgan fingerprint density at radius 3 is 2.31 bits per heavy atom. The highest BCUT2D eigenvalue weighted by Gasteiger charge is 2.07. The second-order valence-corrected chi connectivity index (χ2v) is 3.76. The zero-order valence-corrected chi connectivity index (χ0v) is 9.60. The first-order chi connectivity index (χ1) is 7.70. The van der Waals surface area contributed by atoms with Crippen LogP contribution in [-0.2, 0) is 9.53 Å². The van der Waals surface area contributed by atoms with Crippen LogP contribution in [0.25, 0.3) is 0 Å². The Morgan fingerprint density at radius 1 is 1.06 bits per heavy atom. The summed E-state index contributed by atoms with van der Waals surface area (Å²) in [6, 6.07) is 0. The summed E-state index contributed by atoms with van der Waals surface area (Å²) in [7, 11) is 0. The minimum Gasteiger partial charge on any atom is -0.463 e. The van der Waals surface area contributed by atoms with Gasteiger partial charge in [-0.3, -0.25) is 4.79 Å². The average Bonchev–Trinajstić information content (AvgIpc) is 2.30. The molecule has 0 fully saturated rings. The maximum absolute atomic E-state index is 11.1. The van der Waals surface area contributed by atoms with Gasteiger partial charge in [-0.2, -0.15) is 0 Å². The fourth-order valence-corrected chi connectivity index (χ4v) is 1.23. The molecule has 0 bridgehead atoms. The number of rotatable bonds is 10. The van der Waals surface area contributed by atoms with Gasteiger partial charge in [0, 0.05) is 13.0 Å². The van der Waals surface area contributed by atoms with Crippen molar-refractivity contribution in [2.75, 3.05) is 19.8 Å². The van der Waals surface area contributed by atoms with Crippen molar-refractivity contribution in [1.82, 2.24) is 0 Å². The largest absolute Gasteiger partial charge is 0.463 e. The summed E-state index contributed by atoms with van der Waals surface area (Å²) < 4.78 is 4.73. The quantitative estimate of drug-likeness (QED) is 0.372. The molecule has 0 aliphatic carbocycles. The third kappa shape index (κ3) is 9.89. The number of hydrogen-bond acceptors (Lipinski definition) is 5. The minimum absolute atomic E-state index is 0.139. The molecule has 1 unspecified atom stereocenters.